The second kappa shape index (κ2) is 5.44. The summed E-state index contributed by atoms with van der Waals surface area (Å²) < 4.78 is 26.9. The molecule has 2 N–H and O–H groups in total. The monoisotopic (exact) mass is 352 g/mol. The lowest BCUT2D eigenvalue weighted by molar-refractivity contribution is -0.116. The summed E-state index contributed by atoms with van der Waals surface area (Å²) >= 11 is 2.97. The van der Waals surface area contributed by atoms with Crippen molar-refractivity contribution in [3.05, 3.63) is 58.1 Å². The van der Waals surface area contributed by atoms with E-state index in [-0.39, 0.29) is 16.1 Å². The fourth-order valence-corrected chi connectivity index (χ4v) is 2.64. The molecule has 108 valence electrons. The van der Waals surface area contributed by atoms with Gasteiger partial charge < -0.3 is 10.6 Å². The highest BCUT2D eigenvalue weighted by Gasteiger charge is 2.27. The second-order valence-corrected chi connectivity index (χ2v) is 5.65. The molecule has 2 aromatic rings. The molecule has 1 heterocycles. The molecule has 6 heteroatoms. The van der Waals surface area contributed by atoms with E-state index in [0.717, 1.165) is 17.3 Å². The number of carbonyl (C=O) groups is 1. The van der Waals surface area contributed by atoms with Crippen LogP contribution in [0.1, 0.15) is 5.56 Å². The zero-order valence-corrected chi connectivity index (χ0v) is 12.4. The van der Waals surface area contributed by atoms with Crippen molar-refractivity contribution < 1.29 is 13.6 Å². The molecule has 0 bridgehead atoms. The number of rotatable bonds is 2. The van der Waals surface area contributed by atoms with Gasteiger partial charge in [0.2, 0.25) is 5.91 Å². The highest BCUT2D eigenvalue weighted by molar-refractivity contribution is 9.10. The molecule has 1 aliphatic heterocycles. The molecular weight excluding hydrogens is 342 g/mol. The summed E-state index contributed by atoms with van der Waals surface area (Å²) in [7, 11) is 0. The van der Waals surface area contributed by atoms with Gasteiger partial charge in [0.05, 0.1) is 10.2 Å². The van der Waals surface area contributed by atoms with Crippen LogP contribution in [-0.4, -0.2) is 11.9 Å². The minimum absolute atomic E-state index is 0.0500. The molecule has 0 spiro atoms. The smallest absolute Gasteiger partial charge is 0.247 e. The van der Waals surface area contributed by atoms with Gasteiger partial charge in [0, 0.05) is 18.2 Å². The zero-order valence-electron chi connectivity index (χ0n) is 10.8. The summed E-state index contributed by atoms with van der Waals surface area (Å²) in [5.41, 5.74) is 1.89. The Morgan fingerprint density at radius 3 is 2.76 bits per heavy atom. The maximum Gasteiger partial charge on any atom is 0.247 e. The predicted octanol–water partition coefficient (Wildman–Crippen LogP) is 3.70. The van der Waals surface area contributed by atoms with Gasteiger partial charge in [-0.1, -0.05) is 18.2 Å². The largest absolute Gasteiger partial charge is 0.373 e. The molecule has 2 aromatic carbocycles. The Balaban J connectivity index is 1.75. The first-order chi connectivity index (χ1) is 10.0. The number of anilines is 2. The van der Waals surface area contributed by atoms with Crippen LogP contribution in [0.25, 0.3) is 0 Å². The Kier molecular flexibility index (Phi) is 3.63. The number of nitrogens with one attached hydrogen (secondary N) is 2. The van der Waals surface area contributed by atoms with Crippen molar-refractivity contribution in [1.29, 1.82) is 0 Å². The fourth-order valence-electron chi connectivity index (χ4n) is 2.29. The van der Waals surface area contributed by atoms with Crippen molar-refractivity contribution in [2.75, 3.05) is 10.6 Å². The number of hydrogen-bond acceptors (Lipinski definition) is 2. The van der Waals surface area contributed by atoms with Crippen molar-refractivity contribution >= 4 is 33.2 Å². The number of para-hydroxylation sites is 1. The molecule has 3 nitrogen and oxygen atoms in total. The number of hydrogen-bond donors (Lipinski definition) is 2. The predicted molar refractivity (Wildman–Crippen MR) is 80.2 cm³/mol. The molecular formula is C15H11BrF2N2O. The van der Waals surface area contributed by atoms with E-state index in [4.69, 9.17) is 0 Å². The molecule has 1 aliphatic rings. The van der Waals surface area contributed by atoms with Gasteiger partial charge in [-0.2, -0.15) is 0 Å². The van der Waals surface area contributed by atoms with Crippen molar-refractivity contribution in [2.24, 2.45) is 0 Å². The first-order valence-corrected chi connectivity index (χ1v) is 7.14. The van der Waals surface area contributed by atoms with Gasteiger partial charge in [-0.3, -0.25) is 4.79 Å². The lowest BCUT2D eigenvalue weighted by Crippen LogP contribution is -2.33. The quantitative estimate of drug-likeness (QED) is 0.809. The third-order valence-electron chi connectivity index (χ3n) is 3.36. The summed E-state index contributed by atoms with van der Waals surface area (Å²) in [5.74, 6) is -1.87. The second-order valence-electron chi connectivity index (χ2n) is 4.79. The summed E-state index contributed by atoms with van der Waals surface area (Å²) in [6.07, 6.45) is 0.534. The van der Waals surface area contributed by atoms with Crippen LogP contribution >= 0.6 is 15.9 Å². The molecule has 0 saturated heterocycles. The lowest BCUT2D eigenvalue weighted by atomic mass is 10.1. The van der Waals surface area contributed by atoms with Crippen LogP contribution in [0, 0.1) is 11.6 Å². The average molecular weight is 353 g/mol. The molecule has 0 aromatic heterocycles. The molecule has 0 aliphatic carbocycles. The van der Waals surface area contributed by atoms with E-state index in [1.54, 1.807) is 0 Å². The van der Waals surface area contributed by atoms with Gasteiger partial charge in [-0.05, 0) is 33.6 Å². The van der Waals surface area contributed by atoms with Crippen LogP contribution in [0.15, 0.2) is 40.9 Å². The molecule has 3 rings (SSSR count). The summed E-state index contributed by atoms with van der Waals surface area (Å²) in [4.78, 5) is 12.2. The molecule has 0 saturated carbocycles. The van der Waals surface area contributed by atoms with E-state index in [1.165, 1.54) is 6.07 Å². The topological polar surface area (TPSA) is 41.1 Å². The van der Waals surface area contributed by atoms with Crippen molar-refractivity contribution in [3.8, 4) is 0 Å². The molecule has 0 radical (unpaired) electrons. The van der Waals surface area contributed by atoms with Gasteiger partial charge in [-0.25, -0.2) is 8.78 Å². The molecule has 21 heavy (non-hydrogen) atoms. The Bertz CT molecular complexity index is 696. The SMILES string of the molecule is O=C(Nc1cc(Br)c(F)cc1F)[C@@H]1Cc2ccccc2N1. The van der Waals surface area contributed by atoms with Crippen molar-refractivity contribution in [1.82, 2.24) is 0 Å². The minimum Gasteiger partial charge on any atom is -0.373 e. The first-order valence-electron chi connectivity index (χ1n) is 6.34. The van der Waals surface area contributed by atoms with Crippen LogP contribution in [-0.2, 0) is 11.2 Å². The third-order valence-corrected chi connectivity index (χ3v) is 3.96. The van der Waals surface area contributed by atoms with E-state index < -0.39 is 17.7 Å². The summed E-state index contributed by atoms with van der Waals surface area (Å²) in [5, 5.41) is 5.56. The summed E-state index contributed by atoms with van der Waals surface area (Å²) in [6, 6.07) is 9.08. The Labute approximate surface area is 128 Å². The maximum absolute atomic E-state index is 13.6. The van der Waals surface area contributed by atoms with E-state index in [1.807, 2.05) is 24.3 Å². The van der Waals surface area contributed by atoms with Gasteiger partial charge in [0.25, 0.3) is 0 Å². The Morgan fingerprint density at radius 2 is 2.00 bits per heavy atom. The van der Waals surface area contributed by atoms with Crippen molar-refractivity contribution in [3.63, 3.8) is 0 Å². The average Bonchev–Trinajstić information content (AvgIpc) is 2.88. The molecule has 0 fully saturated rings. The first kappa shape index (κ1) is 14.0. The number of carbonyl (C=O) groups excluding carboxylic acids is 1. The third kappa shape index (κ3) is 2.76. The van der Waals surface area contributed by atoms with Gasteiger partial charge in [0.1, 0.15) is 17.7 Å². The Morgan fingerprint density at radius 1 is 1.24 bits per heavy atom. The lowest BCUT2D eigenvalue weighted by Gasteiger charge is -2.13. The van der Waals surface area contributed by atoms with Crippen LogP contribution in [0.2, 0.25) is 0 Å². The van der Waals surface area contributed by atoms with Gasteiger partial charge in [0.15, 0.2) is 0 Å². The van der Waals surface area contributed by atoms with Crippen LogP contribution in [0.3, 0.4) is 0 Å². The molecule has 1 atom stereocenters. The van der Waals surface area contributed by atoms with Crippen LogP contribution in [0.4, 0.5) is 20.2 Å². The van der Waals surface area contributed by atoms with E-state index in [9.17, 15) is 13.6 Å². The highest BCUT2D eigenvalue weighted by Crippen LogP contribution is 2.27. The normalized spacial score (nSPS) is 16.2. The molecule has 1 amide bonds. The minimum atomic E-state index is -0.806. The van der Waals surface area contributed by atoms with Crippen LogP contribution in [0.5, 0.6) is 0 Å². The van der Waals surface area contributed by atoms with E-state index in [0.29, 0.717) is 6.42 Å². The van der Waals surface area contributed by atoms with Gasteiger partial charge >= 0.3 is 0 Å². The fraction of sp³-hybridized carbons (Fsp3) is 0.133. The molecule has 0 unspecified atom stereocenters. The summed E-state index contributed by atoms with van der Waals surface area (Å²) in [6.45, 7) is 0. The standard InChI is InChI=1S/C15H11BrF2N2O/c16-9-6-13(11(18)7-10(9)17)20-15(21)14-5-8-3-1-2-4-12(8)19-14/h1-4,6-7,14,19H,5H2,(H,20,21)/t14-/m0/s1. The number of amides is 1. The van der Waals surface area contributed by atoms with Crippen LogP contribution < -0.4 is 10.6 Å². The number of halogens is 3. The van der Waals surface area contributed by atoms with Gasteiger partial charge in [-0.15, -0.1) is 0 Å². The maximum atomic E-state index is 13.6. The van der Waals surface area contributed by atoms with Crippen molar-refractivity contribution in [2.45, 2.75) is 12.5 Å². The zero-order chi connectivity index (χ0) is 15.0. The van der Waals surface area contributed by atoms with E-state index >= 15 is 0 Å². The number of fused-ring (bicyclic) bond motifs is 1. The van der Waals surface area contributed by atoms with E-state index in [2.05, 4.69) is 26.6 Å². The Hall–Kier alpha value is -1.95. The number of benzene rings is 2. The highest BCUT2D eigenvalue weighted by atomic mass is 79.9.